The molecule has 4 N–H and O–H groups in total. The van der Waals surface area contributed by atoms with Crippen molar-refractivity contribution in [3.05, 3.63) is 33.8 Å². The summed E-state index contributed by atoms with van der Waals surface area (Å²) in [5, 5.41) is 21.6. The Bertz CT molecular complexity index is 923. The van der Waals surface area contributed by atoms with Gasteiger partial charge in [0.05, 0.1) is 0 Å². The van der Waals surface area contributed by atoms with Crippen molar-refractivity contribution in [1.82, 2.24) is 10.6 Å². The number of piperidine rings is 1. The molecule has 2 aliphatic heterocycles. The molecule has 0 aliphatic carbocycles. The number of carbonyl (C=O) groups is 3. The second-order valence-electron chi connectivity index (χ2n) is 6.81. The first kappa shape index (κ1) is 29.5. The van der Waals surface area contributed by atoms with Crippen LogP contribution in [0.15, 0.2) is 23.2 Å². The van der Waals surface area contributed by atoms with Crippen LogP contribution in [0.25, 0.3) is 0 Å². The van der Waals surface area contributed by atoms with Crippen LogP contribution in [0.5, 0.6) is 0 Å². The molecule has 3 rings (SSSR count). The Morgan fingerprint density at radius 2 is 1.47 bits per heavy atom. The summed E-state index contributed by atoms with van der Waals surface area (Å²) < 4.78 is 63.5. The van der Waals surface area contributed by atoms with E-state index in [-0.39, 0.29) is 5.91 Å². The molecule has 0 bridgehead atoms. The third-order valence-electron chi connectivity index (χ3n) is 4.32. The summed E-state index contributed by atoms with van der Waals surface area (Å²) in [6.07, 6.45) is -8.15. The second-order valence-corrected chi connectivity index (χ2v) is 7.66. The fourth-order valence-corrected chi connectivity index (χ4v) is 3.17. The Balaban J connectivity index is 0.000000343. The quantitative estimate of drug-likeness (QED) is 0.426. The number of alkyl halides is 6. The van der Waals surface area contributed by atoms with Gasteiger partial charge in [-0.2, -0.15) is 26.3 Å². The number of carboxylic acid groups (broad SMARTS) is 2. The zero-order chi connectivity index (χ0) is 26.3. The number of nitrogens with zero attached hydrogens (tertiary/aromatic N) is 1. The van der Waals surface area contributed by atoms with Crippen molar-refractivity contribution in [3.8, 4) is 0 Å². The number of carboxylic acids is 2. The molecule has 2 aliphatic rings. The maximum absolute atomic E-state index is 12.2. The van der Waals surface area contributed by atoms with Crippen molar-refractivity contribution < 1.29 is 50.9 Å². The number of amides is 1. The minimum absolute atomic E-state index is 0.0130. The van der Waals surface area contributed by atoms with Crippen LogP contribution in [-0.2, 0) is 20.8 Å². The first-order valence-corrected chi connectivity index (χ1v) is 9.88. The highest BCUT2D eigenvalue weighted by atomic mass is 35.5. The number of nitrogens with one attached hydrogen (secondary N) is 2. The van der Waals surface area contributed by atoms with Crippen molar-refractivity contribution in [1.29, 1.82) is 0 Å². The lowest BCUT2D eigenvalue weighted by molar-refractivity contribution is -0.193. The van der Waals surface area contributed by atoms with Crippen LogP contribution < -0.4 is 10.6 Å². The van der Waals surface area contributed by atoms with Crippen molar-refractivity contribution in [2.45, 2.75) is 37.2 Å². The fraction of sp³-hybridized carbons (Fsp3) is 0.444. The van der Waals surface area contributed by atoms with Crippen molar-refractivity contribution >= 4 is 46.9 Å². The molecule has 8 nitrogen and oxygen atoms in total. The monoisotopic (exact) mass is 539 g/mol. The number of rotatable bonds is 2. The molecule has 34 heavy (non-hydrogen) atoms. The standard InChI is InChI=1S/C14H15Cl2N3O.2C2HF3O2/c15-10-2-1-9(11(16)8-10)7-12-18-13(20)14(19-12)3-5-17-6-4-14;2*3-2(4,5)1(6)7/h1-2,8,17H,3-7H2,(H,18,19,20);2*(H,6,7). The topological polar surface area (TPSA) is 128 Å². The number of carbonyl (C=O) groups excluding carboxylic acids is 1. The highest BCUT2D eigenvalue weighted by Crippen LogP contribution is 2.29. The van der Waals surface area contributed by atoms with Crippen LogP contribution in [0.3, 0.4) is 0 Å². The maximum Gasteiger partial charge on any atom is 0.490 e. The second kappa shape index (κ2) is 11.7. The largest absolute Gasteiger partial charge is 0.490 e. The third kappa shape index (κ3) is 8.99. The van der Waals surface area contributed by atoms with E-state index >= 15 is 0 Å². The highest BCUT2D eigenvalue weighted by Gasteiger charge is 2.44. The van der Waals surface area contributed by atoms with Crippen LogP contribution in [0.2, 0.25) is 10.0 Å². The van der Waals surface area contributed by atoms with Gasteiger partial charge in [0.25, 0.3) is 5.91 Å². The van der Waals surface area contributed by atoms with Gasteiger partial charge in [-0.15, -0.1) is 0 Å². The Labute approximate surface area is 197 Å². The van der Waals surface area contributed by atoms with E-state index in [0.717, 1.165) is 31.5 Å². The van der Waals surface area contributed by atoms with Gasteiger partial charge in [-0.05, 0) is 43.6 Å². The molecular weight excluding hydrogens is 523 g/mol. The number of benzene rings is 1. The van der Waals surface area contributed by atoms with E-state index in [9.17, 15) is 31.1 Å². The minimum atomic E-state index is -5.08. The molecule has 1 aromatic rings. The van der Waals surface area contributed by atoms with Gasteiger partial charge in [-0.1, -0.05) is 29.3 Å². The van der Waals surface area contributed by atoms with Gasteiger partial charge in [-0.3, -0.25) is 9.79 Å². The van der Waals surface area contributed by atoms with Gasteiger partial charge in [0.15, 0.2) is 0 Å². The SMILES string of the molecule is O=C(O)C(F)(F)F.O=C(O)C(F)(F)F.O=C1NC(Cc2ccc(Cl)cc2Cl)=NC12CCNCC2. The summed E-state index contributed by atoms with van der Waals surface area (Å²) >= 11 is 12.0. The normalized spacial score (nSPS) is 16.9. The number of aliphatic imine (C=N–C) groups is 1. The molecule has 0 unspecified atom stereocenters. The molecule has 1 fully saturated rings. The lowest BCUT2D eigenvalue weighted by Crippen LogP contribution is -2.47. The zero-order valence-electron chi connectivity index (χ0n) is 16.9. The lowest BCUT2D eigenvalue weighted by Gasteiger charge is -2.28. The molecule has 2 heterocycles. The number of hydrogen-bond donors (Lipinski definition) is 4. The molecule has 1 saturated heterocycles. The Morgan fingerprint density at radius 3 is 1.88 bits per heavy atom. The van der Waals surface area contributed by atoms with E-state index in [2.05, 4.69) is 15.6 Å². The van der Waals surface area contributed by atoms with E-state index < -0.39 is 29.8 Å². The molecule has 0 saturated carbocycles. The van der Waals surface area contributed by atoms with Crippen LogP contribution >= 0.6 is 23.2 Å². The first-order chi connectivity index (χ1) is 15.5. The van der Waals surface area contributed by atoms with Crippen LogP contribution in [0.4, 0.5) is 26.3 Å². The average molecular weight is 540 g/mol. The molecule has 16 heteroatoms. The molecular formula is C18H17Cl2F6N3O5. The summed E-state index contributed by atoms with van der Waals surface area (Å²) in [4.78, 5) is 34.6. The van der Waals surface area contributed by atoms with E-state index in [0.29, 0.717) is 22.3 Å². The van der Waals surface area contributed by atoms with Crippen molar-refractivity contribution in [2.24, 2.45) is 4.99 Å². The van der Waals surface area contributed by atoms with Crippen molar-refractivity contribution in [3.63, 3.8) is 0 Å². The van der Waals surface area contributed by atoms with Crippen LogP contribution in [0.1, 0.15) is 18.4 Å². The average Bonchev–Trinajstić information content (AvgIpc) is 2.98. The Morgan fingerprint density at radius 1 is 1.00 bits per heavy atom. The predicted octanol–water partition coefficient (Wildman–Crippen LogP) is 3.45. The summed E-state index contributed by atoms with van der Waals surface area (Å²) in [5.41, 5.74) is 0.348. The highest BCUT2D eigenvalue weighted by molar-refractivity contribution is 6.35. The number of halogens is 8. The molecule has 0 atom stereocenters. The molecule has 1 spiro atoms. The minimum Gasteiger partial charge on any atom is -0.475 e. The molecule has 0 radical (unpaired) electrons. The molecule has 0 aromatic heterocycles. The van der Waals surface area contributed by atoms with E-state index in [1.807, 2.05) is 6.07 Å². The van der Waals surface area contributed by atoms with Crippen LogP contribution in [-0.4, -0.2) is 64.9 Å². The first-order valence-electron chi connectivity index (χ1n) is 9.13. The van der Waals surface area contributed by atoms with Gasteiger partial charge in [0, 0.05) is 16.5 Å². The van der Waals surface area contributed by atoms with E-state index in [4.69, 9.17) is 43.0 Å². The summed E-state index contributed by atoms with van der Waals surface area (Å²) in [6.45, 7) is 1.65. The Hall–Kier alpha value is -2.58. The van der Waals surface area contributed by atoms with E-state index in [1.165, 1.54) is 0 Å². The summed E-state index contributed by atoms with van der Waals surface area (Å²) in [5.74, 6) is -4.81. The number of amidine groups is 1. The number of aliphatic carboxylic acids is 2. The fourth-order valence-electron chi connectivity index (χ4n) is 2.69. The Kier molecular flexibility index (Phi) is 10.1. The summed E-state index contributed by atoms with van der Waals surface area (Å²) in [7, 11) is 0. The van der Waals surface area contributed by atoms with Crippen molar-refractivity contribution in [2.75, 3.05) is 13.1 Å². The number of hydrogen-bond acceptors (Lipinski definition) is 5. The predicted molar refractivity (Wildman–Crippen MR) is 108 cm³/mol. The maximum atomic E-state index is 12.2. The molecule has 1 amide bonds. The smallest absolute Gasteiger partial charge is 0.475 e. The molecule has 190 valence electrons. The van der Waals surface area contributed by atoms with Gasteiger partial charge < -0.3 is 20.8 Å². The van der Waals surface area contributed by atoms with Gasteiger partial charge in [-0.25, -0.2) is 9.59 Å². The van der Waals surface area contributed by atoms with Gasteiger partial charge >= 0.3 is 24.3 Å². The van der Waals surface area contributed by atoms with Crippen LogP contribution in [0, 0.1) is 0 Å². The summed E-state index contributed by atoms with van der Waals surface area (Å²) in [6, 6.07) is 5.36. The molecule has 1 aromatic carbocycles. The third-order valence-corrected chi connectivity index (χ3v) is 4.91. The lowest BCUT2D eigenvalue weighted by atomic mass is 9.89. The van der Waals surface area contributed by atoms with Gasteiger partial charge in [0.2, 0.25) is 0 Å². The zero-order valence-corrected chi connectivity index (χ0v) is 18.4. The van der Waals surface area contributed by atoms with E-state index in [1.54, 1.807) is 12.1 Å². The van der Waals surface area contributed by atoms with Gasteiger partial charge in [0.1, 0.15) is 11.4 Å².